The quantitative estimate of drug-likeness (QED) is 0.552. The van der Waals surface area contributed by atoms with Crippen molar-refractivity contribution in [1.29, 1.82) is 0 Å². The number of nitro groups is 1. The topological polar surface area (TPSA) is 46.4 Å². The smallest absolute Gasteiger partial charge is 0.228 e. The molecule has 0 radical (unpaired) electrons. The van der Waals surface area contributed by atoms with E-state index < -0.39 is 0 Å². The van der Waals surface area contributed by atoms with Gasteiger partial charge in [-0.05, 0) is 42.2 Å². The molecule has 0 N–H and O–H groups in total. The summed E-state index contributed by atoms with van der Waals surface area (Å²) in [4.78, 5) is 13.3. The van der Waals surface area contributed by atoms with E-state index in [1.54, 1.807) is 0 Å². The SMILES string of the molecule is CCCCC1=Cc2ccccc2C(C[N+](=O)[O-])N1c1ccccc1. The molecule has 1 heterocycles. The highest BCUT2D eigenvalue weighted by Gasteiger charge is 2.32. The van der Waals surface area contributed by atoms with Crippen molar-refractivity contribution in [2.24, 2.45) is 0 Å². The van der Waals surface area contributed by atoms with Crippen molar-refractivity contribution in [3.8, 4) is 0 Å². The van der Waals surface area contributed by atoms with Crippen LogP contribution in [-0.4, -0.2) is 11.5 Å². The summed E-state index contributed by atoms with van der Waals surface area (Å²) in [5, 5.41) is 11.3. The Morgan fingerprint density at radius 3 is 2.50 bits per heavy atom. The van der Waals surface area contributed by atoms with Gasteiger partial charge in [-0.1, -0.05) is 55.8 Å². The molecule has 0 aliphatic carbocycles. The lowest BCUT2D eigenvalue weighted by atomic mass is 9.91. The molecule has 1 atom stereocenters. The van der Waals surface area contributed by atoms with Crippen LogP contribution in [0.25, 0.3) is 6.08 Å². The van der Waals surface area contributed by atoms with Gasteiger partial charge in [-0.3, -0.25) is 10.1 Å². The first-order valence-electron chi connectivity index (χ1n) is 8.46. The second-order valence-electron chi connectivity index (χ2n) is 6.10. The van der Waals surface area contributed by atoms with E-state index in [2.05, 4.69) is 24.0 Å². The zero-order valence-corrected chi connectivity index (χ0v) is 13.9. The van der Waals surface area contributed by atoms with Gasteiger partial charge in [-0.2, -0.15) is 0 Å². The maximum absolute atomic E-state index is 11.3. The van der Waals surface area contributed by atoms with E-state index in [9.17, 15) is 10.1 Å². The third-order valence-electron chi connectivity index (χ3n) is 4.44. The van der Waals surface area contributed by atoms with Crippen molar-refractivity contribution in [2.75, 3.05) is 11.4 Å². The van der Waals surface area contributed by atoms with Crippen LogP contribution in [0.4, 0.5) is 5.69 Å². The molecule has 0 spiro atoms. The summed E-state index contributed by atoms with van der Waals surface area (Å²) < 4.78 is 0. The van der Waals surface area contributed by atoms with E-state index in [1.807, 2.05) is 48.5 Å². The minimum Gasteiger partial charge on any atom is -0.331 e. The normalized spacial score (nSPS) is 16.5. The van der Waals surface area contributed by atoms with Crippen molar-refractivity contribution in [1.82, 2.24) is 0 Å². The highest BCUT2D eigenvalue weighted by atomic mass is 16.6. The fourth-order valence-corrected chi connectivity index (χ4v) is 3.34. The molecule has 1 aliphatic rings. The molecular weight excluding hydrogens is 300 g/mol. The number of benzene rings is 2. The van der Waals surface area contributed by atoms with Crippen LogP contribution in [0.5, 0.6) is 0 Å². The van der Waals surface area contributed by atoms with E-state index in [0.29, 0.717) is 0 Å². The van der Waals surface area contributed by atoms with Crippen LogP contribution in [0.1, 0.15) is 43.4 Å². The number of anilines is 1. The summed E-state index contributed by atoms with van der Waals surface area (Å²) >= 11 is 0. The van der Waals surface area contributed by atoms with Gasteiger partial charge in [-0.25, -0.2) is 0 Å². The van der Waals surface area contributed by atoms with Gasteiger partial charge >= 0.3 is 0 Å². The minimum atomic E-state index is -0.268. The summed E-state index contributed by atoms with van der Waals surface area (Å²) in [5.74, 6) is 0. The number of para-hydroxylation sites is 1. The molecular formula is C20H22N2O2. The molecule has 2 aromatic rings. The first kappa shape index (κ1) is 16.2. The predicted octanol–water partition coefficient (Wildman–Crippen LogP) is 5.06. The summed E-state index contributed by atoms with van der Waals surface area (Å²) in [6.07, 6.45) is 5.28. The first-order valence-corrected chi connectivity index (χ1v) is 8.46. The van der Waals surface area contributed by atoms with Gasteiger partial charge in [0.2, 0.25) is 6.54 Å². The Hall–Kier alpha value is -2.62. The largest absolute Gasteiger partial charge is 0.331 e. The van der Waals surface area contributed by atoms with Crippen LogP contribution < -0.4 is 4.90 Å². The Kier molecular flexibility index (Phi) is 4.94. The molecule has 0 saturated carbocycles. The van der Waals surface area contributed by atoms with Gasteiger partial charge in [0.05, 0.1) is 0 Å². The van der Waals surface area contributed by atoms with Crippen LogP contribution in [0, 0.1) is 10.1 Å². The summed E-state index contributed by atoms with van der Waals surface area (Å²) in [7, 11) is 0. The zero-order chi connectivity index (χ0) is 16.9. The molecule has 0 saturated heterocycles. The Bertz CT molecular complexity index is 740. The van der Waals surface area contributed by atoms with E-state index in [4.69, 9.17) is 0 Å². The molecule has 24 heavy (non-hydrogen) atoms. The summed E-state index contributed by atoms with van der Waals surface area (Å²) in [6, 6.07) is 17.7. The van der Waals surface area contributed by atoms with E-state index in [1.165, 1.54) is 0 Å². The first-order chi connectivity index (χ1) is 11.7. The Morgan fingerprint density at radius 2 is 1.79 bits per heavy atom. The zero-order valence-electron chi connectivity index (χ0n) is 13.9. The monoisotopic (exact) mass is 322 g/mol. The Morgan fingerprint density at radius 1 is 1.08 bits per heavy atom. The molecule has 1 aliphatic heterocycles. The van der Waals surface area contributed by atoms with Crippen molar-refractivity contribution >= 4 is 11.8 Å². The third kappa shape index (κ3) is 3.32. The maximum Gasteiger partial charge on any atom is 0.228 e. The van der Waals surface area contributed by atoms with Crippen LogP contribution in [0.3, 0.4) is 0 Å². The Balaban J connectivity index is 2.11. The molecule has 4 heteroatoms. The van der Waals surface area contributed by atoms with Crippen LogP contribution in [0.15, 0.2) is 60.3 Å². The van der Waals surface area contributed by atoms with E-state index in [-0.39, 0.29) is 17.5 Å². The average Bonchev–Trinajstić information content (AvgIpc) is 2.60. The van der Waals surface area contributed by atoms with Gasteiger partial charge in [0.1, 0.15) is 6.04 Å². The summed E-state index contributed by atoms with van der Waals surface area (Å²) in [5.41, 5.74) is 4.30. The number of allylic oxidation sites excluding steroid dienone is 1. The molecule has 3 rings (SSSR count). The molecule has 124 valence electrons. The lowest BCUT2D eigenvalue weighted by Gasteiger charge is -2.37. The van der Waals surface area contributed by atoms with Crippen LogP contribution >= 0.6 is 0 Å². The molecule has 0 bridgehead atoms. The molecule has 4 nitrogen and oxygen atoms in total. The van der Waals surface area contributed by atoms with Gasteiger partial charge in [0.15, 0.2) is 0 Å². The number of hydrogen-bond donors (Lipinski definition) is 0. The van der Waals surface area contributed by atoms with Crippen molar-refractivity contribution in [3.63, 3.8) is 0 Å². The molecule has 0 fully saturated rings. The highest BCUT2D eigenvalue weighted by Crippen LogP contribution is 2.39. The average molecular weight is 322 g/mol. The van der Waals surface area contributed by atoms with Gasteiger partial charge in [0, 0.05) is 16.3 Å². The lowest BCUT2D eigenvalue weighted by Crippen LogP contribution is -2.35. The standard InChI is InChI=1S/C20H22N2O2/c1-2-3-10-18-14-16-9-7-8-13-19(16)20(15-21(23)24)22(18)17-11-5-4-6-12-17/h4-9,11-14,20H,2-3,10,15H2,1H3. The van der Waals surface area contributed by atoms with Crippen molar-refractivity contribution in [2.45, 2.75) is 32.2 Å². The number of unbranched alkanes of at least 4 members (excludes halogenated alkanes) is 1. The summed E-state index contributed by atoms with van der Waals surface area (Å²) in [6.45, 7) is 2.06. The predicted molar refractivity (Wildman–Crippen MR) is 97.5 cm³/mol. The fourth-order valence-electron chi connectivity index (χ4n) is 3.34. The Labute approximate surface area is 142 Å². The number of nitrogens with zero attached hydrogens (tertiary/aromatic N) is 2. The molecule has 0 aromatic heterocycles. The molecule has 0 amide bonds. The molecule has 2 aromatic carbocycles. The number of fused-ring (bicyclic) bond motifs is 1. The van der Waals surface area contributed by atoms with E-state index >= 15 is 0 Å². The van der Waals surface area contributed by atoms with Crippen molar-refractivity contribution < 1.29 is 4.92 Å². The maximum atomic E-state index is 11.3. The highest BCUT2D eigenvalue weighted by molar-refractivity contribution is 5.70. The molecule has 1 unspecified atom stereocenters. The number of rotatable bonds is 6. The minimum absolute atomic E-state index is 0.102. The van der Waals surface area contributed by atoms with Crippen LogP contribution in [-0.2, 0) is 0 Å². The third-order valence-corrected chi connectivity index (χ3v) is 4.44. The lowest BCUT2D eigenvalue weighted by molar-refractivity contribution is -0.483. The van der Waals surface area contributed by atoms with Gasteiger partial charge in [-0.15, -0.1) is 0 Å². The van der Waals surface area contributed by atoms with Gasteiger partial charge < -0.3 is 4.90 Å². The van der Waals surface area contributed by atoms with Crippen LogP contribution in [0.2, 0.25) is 0 Å². The second-order valence-corrected chi connectivity index (χ2v) is 6.10. The second kappa shape index (κ2) is 7.30. The fraction of sp³-hybridized carbons (Fsp3) is 0.300. The van der Waals surface area contributed by atoms with Gasteiger partial charge in [0.25, 0.3) is 0 Å². The number of hydrogen-bond acceptors (Lipinski definition) is 3. The van der Waals surface area contributed by atoms with E-state index in [0.717, 1.165) is 41.8 Å². The van der Waals surface area contributed by atoms with Crippen molar-refractivity contribution in [3.05, 3.63) is 81.5 Å².